The quantitative estimate of drug-likeness (QED) is 0.566. The number of benzene rings is 1. The lowest BCUT2D eigenvalue weighted by atomic mass is 10.1. The molecular formula is C10H8N4O2. The van der Waals surface area contributed by atoms with Crippen molar-refractivity contribution in [2.75, 3.05) is 5.73 Å². The lowest BCUT2D eigenvalue weighted by molar-refractivity contribution is 0.555. The molecule has 6 heteroatoms. The molecule has 0 radical (unpaired) electrons. The van der Waals surface area contributed by atoms with Crippen molar-refractivity contribution >= 4 is 16.9 Å². The van der Waals surface area contributed by atoms with Crippen molar-refractivity contribution in [2.45, 2.75) is 0 Å². The highest BCUT2D eigenvalue weighted by Gasteiger charge is 2.07. The minimum atomic E-state index is -0.465. The number of aromatic nitrogens is 3. The molecule has 0 aliphatic carbocycles. The van der Waals surface area contributed by atoms with E-state index in [0.29, 0.717) is 16.9 Å². The zero-order valence-electron chi connectivity index (χ0n) is 8.15. The van der Waals surface area contributed by atoms with E-state index in [-0.39, 0.29) is 0 Å². The highest BCUT2D eigenvalue weighted by Crippen LogP contribution is 2.26. The topological polar surface area (TPSA) is 101 Å². The summed E-state index contributed by atoms with van der Waals surface area (Å²) in [6.07, 6.45) is 1.63. The van der Waals surface area contributed by atoms with Crippen molar-refractivity contribution in [3.63, 3.8) is 0 Å². The van der Waals surface area contributed by atoms with Crippen LogP contribution in [0, 0.1) is 0 Å². The molecule has 16 heavy (non-hydrogen) atoms. The Labute approximate surface area is 89.1 Å². The molecular weight excluding hydrogens is 208 g/mol. The number of nitrogens with zero attached hydrogens (tertiary/aromatic N) is 1. The van der Waals surface area contributed by atoms with Crippen LogP contribution in [0.25, 0.3) is 22.2 Å². The van der Waals surface area contributed by atoms with Gasteiger partial charge in [-0.2, -0.15) is 5.10 Å². The van der Waals surface area contributed by atoms with Gasteiger partial charge in [0.25, 0.3) is 0 Å². The highest BCUT2D eigenvalue weighted by molar-refractivity contribution is 5.82. The summed E-state index contributed by atoms with van der Waals surface area (Å²) in [5, 5.41) is 6.48. The van der Waals surface area contributed by atoms with Gasteiger partial charge in [0.2, 0.25) is 0 Å². The Balaban J connectivity index is 2.26. The van der Waals surface area contributed by atoms with E-state index < -0.39 is 5.76 Å². The third-order valence-electron chi connectivity index (χ3n) is 2.40. The van der Waals surface area contributed by atoms with Gasteiger partial charge in [-0.05, 0) is 17.7 Å². The first kappa shape index (κ1) is 8.78. The van der Waals surface area contributed by atoms with Crippen LogP contribution in [-0.4, -0.2) is 15.2 Å². The van der Waals surface area contributed by atoms with Gasteiger partial charge < -0.3 is 10.2 Å². The van der Waals surface area contributed by atoms with Crippen LogP contribution in [0.1, 0.15) is 0 Å². The van der Waals surface area contributed by atoms with E-state index >= 15 is 0 Å². The third kappa shape index (κ3) is 1.20. The van der Waals surface area contributed by atoms with Gasteiger partial charge in [0, 0.05) is 5.56 Å². The fourth-order valence-corrected chi connectivity index (χ4v) is 1.64. The number of nitrogens with one attached hydrogen (secondary N) is 2. The molecule has 3 aromatic rings. The van der Waals surface area contributed by atoms with E-state index in [9.17, 15) is 4.79 Å². The molecule has 0 fully saturated rings. The molecule has 0 aliphatic heterocycles. The number of H-pyrrole nitrogens is 2. The summed E-state index contributed by atoms with van der Waals surface area (Å²) < 4.78 is 4.96. The van der Waals surface area contributed by atoms with Gasteiger partial charge in [0.15, 0.2) is 5.58 Å². The molecule has 1 aromatic carbocycles. The van der Waals surface area contributed by atoms with E-state index in [1.807, 2.05) is 6.07 Å². The summed E-state index contributed by atoms with van der Waals surface area (Å²) in [6.45, 7) is 0. The Morgan fingerprint density at radius 3 is 3.00 bits per heavy atom. The van der Waals surface area contributed by atoms with Gasteiger partial charge >= 0.3 is 5.76 Å². The zero-order chi connectivity index (χ0) is 11.1. The first-order chi connectivity index (χ1) is 7.74. The van der Waals surface area contributed by atoms with Crippen LogP contribution < -0.4 is 11.5 Å². The molecule has 0 atom stereocenters. The number of hydrogen-bond acceptors (Lipinski definition) is 4. The highest BCUT2D eigenvalue weighted by atomic mass is 16.4. The first-order valence-corrected chi connectivity index (χ1v) is 4.66. The minimum Gasteiger partial charge on any atom is -0.408 e. The first-order valence-electron chi connectivity index (χ1n) is 4.66. The molecule has 2 heterocycles. The van der Waals surface area contributed by atoms with E-state index in [1.54, 1.807) is 18.3 Å². The van der Waals surface area contributed by atoms with Gasteiger partial charge in [-0.25, -0.2) is 4.79 Å². The molecule has 0 amide bonds. The van der Waals surface area contributed by atoms with Crippen LogP contribution in [0.3, 0.4) is 0 Å². The number of rotatable bonds is 1. The second-order valence-corrected chi connectivity index (χ2v) is 3.42. The fraction of sp³-hybridized carbons (Fsp3) is 0. The molecule has 0 aliphatic rings. The minimum absolute atomic E-state index is 0.465. The van der Waals surface area contributed by atoms with Crippen LogP contribution >= 0.6 is 0 Å². The van der Waals surface area contributed by atoms with Crippen LogP contribution in [0.2, 0.25) is 0 Å². The molecule has 0 unspecified atom stereocenters. The maximum absolute atomic E-state index is 11.0. The van der Waals surface area contributed by atoms with Crippen molar-refractivity contribution in [1.82, 2.24) is 15.2 Å². The number of fused-ring (bicyclic) bond motifs is 1. The summed E-state index contributed by atoms with van der Waals surface area (Å²) in [7, 11) is 0. The predicted molar refractivity (Wildman–Crippen MR) is 58.8 cm³/mol. The second-order valence-electron chi connectivity index (χ2n) is 3.42. The third-order valence-corrected chi connectivity index (χ3v) is 2.40. The zero-order valence-corrected chi connectivity index (χ0v) is 8.15. The average Bonchev–Trinajstić information content (AvgIpc) is 2.81. The Morgan fingerprint density at radius 2 is 2.25 bits per heavy atom. The maximum Gasteiger partial charge on any atom is 0.417 e. The summed E-state index contributed by atoms with van der Waals surface area (Å²) >= 11 is 0. The molecule has 6 nitrogen and oxygen atoms in total. The number of hydrogen-bond donors (Lipinski definition) is 3. The smallest absolute Gasteiger partial charge is 0.408 e. The van der Waals surface area contributed by atoms with Crippen molar-refractivity contribution in [3.8, 4) is 11.1 Å². The molecule has 0 spiro atoms. The molecule has 4 N–H and O–H groups in total. The normalized spacial score (nSPS) is 11.0. The summed E-state index contributed by atoms with van der Waals surface area (Å²) in [6, 6.07) is 5.35. The lowest BCUT2D eigenvalue weighted by Crippen LogP contribution is -1.92. The average molecular weight is 216 g/mol. The summed E-state index contributed by atoms with van der Waals surface area (Å²) in [4.78, 5) is 13.6. The monoisotopic (exact) mass is 216 g/mol. The number of nitrogens with two attached hydrogens (primary N) is 1. The maximum atomic E-state index is 11.0. The van der Waals surface area contributed by atoms with E-state index in [0.717, 1.165) is 11.1 Å². The Morgan fingerprint density at radius 1 is 1.38 bits per heavy atom. The second kappa shape index (κ2) is 2.99. The number of nitrogen functional groups attached to an aromatic ring is 1. The lowest BCUT2D eigenvalue weighted by Gasteiger charge is -1.97. The number of aromatic amines is 2. The van der Waals surface area contributed by atoms with Gasteiger partial charge in [-0.1, -0.05) is 6.07 Å². The van der Waals surface area contributed by atoms with E-state index in [2.05, 4.69) is 15.2 Å². The Bertz CT molecular complexity index is 707. The number of oxazole rings is 1. The van der Waals surface area contributed by atoms with E-state index in [4.69, 9.17) is 10.2 Å². The van der Waals surface area contributed by atoms with Crippen molar-refractivity contribution in [3.05, 3.63) is 34.9 Å². The standard InChI is InChI=1S/C10H8N4O2/c11-9-6(4-12-14-9)5-1-2-7-8(3-5)16-10(15)13-7/h1-4H,(H,13,15)(H3,11,12,14). The Hall–Kier alpha value is -2.50. The largest absolute Gasteiger partial charge is 0.417 e. The van der Waals surface area contributed by atoms with Gasteiger partial charge in [0.1, 0.15) is 5.82 Å². The van der Waals surface area contributed by atoms with Crippen molar-refractivity contribution in [1.29, 1.82) is 0 Å². The van der Waals surface area contributed by atoms with Crippen LogP contribution in [0.5, 0.6) is 0 Å². The molecule has 80 valence electrons. The molecule has 0 saturated carbocycles. The summed E-state index contributed by atoms with van der Waals surface area (Å²) in [5.74, 6) is 0.0181. The van der Waals surface area contributed by atoms with Crippen molar-refractivity contribution in [2.24, 2.45) is 0 Å². The van der Waals surface area contributed by atoms with Crippen LogP contribution in [0.4, 0.5) is 5.82 Å². The molecule has 0 bridgehead atoms. The van der Waals surface area contributed by atoms with Gasteiger partial charge in [-0.15, -0.1) is 0 Å². The van der Waals surface area contributed by atoms with Gasteiger partial charge in [0.05, 0.1) is 11.7 Å². The molecule has 3 rings (SSSR count). The Kier molecular flexibility index (Phi) is 1.64. The number of anilines is 1. The summed E-state index contributed by atoms with van der Waals surface area (Å²) in [5.41, 5.74) is 8.50. The van der Waals surface area contributed by atoms with Crippen molar-refractivity contribution < 1.29 is 4.42 Å². The van der Waals surface area contributed by atoms with Gasteiger partial charge in [-0.3, -0.25) is 10.1 Å². The molecule has 2 aromatic heterocycles. The fourth-order valence-electron chi connectivity index (χ4n) is 1.64. The SMILES string of the molecule is Nc1[nH]ncc1-c1ccc2[nH]c(=O)oc2c1. The van der Waals surface area contributed by atoms with Crippen LogP contribution in [-0.2, 0) is 0 Å². The molecule has 0 saturated heterocycles. The predicted octanol–water partition coefficient (Wildman–Crippen LogP) is 1.09. The van der Waals surface area contributed by atoms with E-state index in [1.165, 1.54) is 0 Å². The van der Waals surface area contributed by atoms with Crippen LogP contribution in [0.15, 0.2) is 33.6 Å².